The highest BCUT2D eigenvalue weighted by molar-refractivity contribution is 5.24. The maximum atomic E-state index is 3.57. The Labute approximate surface area is 110 Å². The fourth-order valence-electron chi connectivity index (χ4n) is 2.12. The number of rotatable bonds is 5. The van der Waals surface area contributed by atoms with E-state index < -0.39 is 0 Å². The van der Waals surface area contributed by atoms with E-state index in [9.17, 15) is 0 Å². The second-order valence-electron chi connectivity index (χ2n) is 4.87. The number of benzene rings is 1. The molecule has 0 spiro atoms. The van der Waals surface area contributed by atoms with Crippen LogP contribution in [0, 0.1) is 6.92 Å². The zero-order valence-corrected chi connectivity index (χ0v) is 11.5. The van der Waals surface area contributed by atoms with Gasteiger partial charge in [-0.25, -0.2) is 0 Å². The first-order chi connectivity index (χ1) is 8.69. The number of nitrogens with zero attached hydrogens (tertiary/aromatic N) is 1. The standard InChI is InChI=1S/C16H22N2/c1-4-18-9-8-15(12-18)11-17-14(3)16-7-5-6-13(2)10-16/h5-10,12,14,17H,4,11H2,1-3H3/t14-/m0/s1. The molecule has 2 heteroatoms. The van der Waals surface area contributed by atoms with Crippen molar-refractivity contribution in [3.05, 3.63) is 59.4 Å². The summed E-state index contributed by atoms with van der Waals surface area (Å²) in [5, 5.41) is 3.57. The summed E-state index contributed by atoms with van der Waals surface area (Å²) < 4.78 is 2.20. The van der Waals surface area contributed by atoms with Crippen molar-refractivity contribution in [1.29, 1.82) is 0 Å². The number of aryl methyl sites for hydroxylation is 2. The van der Waals surface area contributed by atoms with Gasteiger partial charge in [0, 0.05) is 31.5 Å². The van der Waals surface area contributed by atoms with Crippen LogP contribution < -0.4 is 5.32 Å². The summed E-state index contributed by atoms with van der Waals surface area (Å²) in [6.45, 7) is 8.46. The van der Waals surface area contributed by atoms with Gasteiger partial charge in [-0.3, -0.25) is 0 Å². The van der Waals surface area contributed by atoms with E-state index in [4.69, 9.17) is 0 Å². The predicted octanol–water partition coefficient (Wildman–Crippen LogP) is 3.67. The van der Waals surface area contributed by atoms with E-state index >= 15 is 0 Å². The summed E-state index contributed by atoms with van der Waals surface area (Å²) in [5.41, 5.74) is 4.01. The minimum Gasteiger partial charge on any atom is -0.354 e. The van der Waals surface area contributed by atoms with Crippen molar-refractivity contribution in [1.82, 2.24) is 9.88 Å². The lowest BCUT2D eigenvalue weighted by Crippen LogP contribution is -2.17. The molecule has 0 unspecified atom stereocenters. The molecule has 1 atom stereocenters. The summed E-state index contributed by atoms with van der Waals surface area (Å²) in [5.74, 6) is 0. The summed E-state index contributed by atoms with van der Waals surface area (Å²) in [4.78, 5) is 0. The topological polar surface area (TPSA) is 17.0 Å². The molecule has 0 bridgehead atoms. The Morgan fingerprint density at radius 3 is 2.78 bits per heavy atom. The molecule has 0 fully saturated rings. The molecule has 1 aromatic carbocycles. The quantitative estimate of drug-likeness (QED) is 0.846. The monoisotopic (exact) mass is 242 g/mol. The van der Waals surface area contributed by atoms with Gasteiger partial charge < -0.3 is 9.88 Å². The third kappa shape index (κ3) is 3.23. The van der Waals surface area contributed by atoms with Gasteiger partial charge in [0.1, 0.15) is 0 Å². The molecule has 0 saturated carbocycles. The molecule has 2 nitrogen and oxygen atoms in total. The Morgan fingerprint density at radius 1 is 1.28 bits per heavy atom. The Balaban J connectivity index is 1.93. The van der Waals surface area contributed by atoms with Crippen molar-refractivity contribution < 1.29 is 0 Å². The molecular formula is C16H22N2. The van der Waals surface area contributed by atoms with E-state index in [0.717, 1.165) is 13.1 Å². The molecular weight excluding hydrogens is 220 g/mol. The van der Waals surface area contributed by atoms with Crippen LogP contribution in [0.1, 0.15) is 36.6 Å². The van der Waals surface area contributed by atoms with Crippen LogP contribution >= 0.6 is 0 Å². The van der Waals surface area contributed by atoms with E-state index in [-0.39, 0.29) is 0 Å². The molecule has 0 saturated heterocycles. The van der Waals surface area contributed by atoms with E-state index in [1.165, 1.54) is 16.7 Å². The Hall–Kier alpha value is -1.54. The number of hydrogen-bond acceptors (Lipinski definition) is 1. The smallest absolute Gasteiger partial charge is 0.0295 e. The predicted molar refractivity (Wildman–Crippen MR) is 76.5 cm³/mol. The molecule has 96 valence electrons. The SMILES string of the molecule is CCn1ccc(CN[C@@H](C)c2cccc(C)c2)c1. The Kier molecular flexibility index (Phi) is 4.21. The van der Waals surface area contributed by atoms with Gasteiger partial charge in [-0.2, -0.15) is 0 Å². The summed E-state index contributed by atoms with van der Waals surface area (Å²) in [6, 6.07) is 11.2. The summed E-state index contributed by atoms with van der Waals surface area (Å²) >= 11 is 0. The van der Waals surface area contributed by atoms with Crippen LogP contribution in [0.2, 0.25) is 0 Å². The molecule has 18 heavy (non-hydrogen) atoms. The number of nitrogens with one attached hydrogen (secondary N) is 1. The fourth-order valence-corrected chi connectivity index (χ4v) is 2.12. The maximum absolute atomic E-state index is 3.57. The molecule has 0 aliphatic carbocycles. The first kappa shape index (κ1) is 12.9. The van der Waals surface area contributed by atoms with E-state index in [2.05, 4.69) is 73.4 Å². The minimum atomic E-state index is 0.384. The maximum Gasteiger partial charge on any atom is 0.0295 e. The van der Waals surface area contributed by atoms with Gasteiger partial charge in [-0.05, 0) is 38.0 Å². The van der Waals surface area contributed by atoms with Crippen LogP contribution in [-0.4, -0.2) is 4.57 Å². The first-order valence-electron chi connectivity index (χ1n) is 6.63. The summed E-state index contributed by atoms with van der Waals surface area (Å²) in [6.07, 6.45) is 4.34. The van der Waals surface area contributed by atoms with Gasteiger partial charge in [0.2, 0.25) is 0 Å². The molecule has 1 N–H and O–H groups in total. The van der Waals surface area contributed by atoms with Crippen molar-refractivity contribution in [2.75, 3.05) is 0 Å². The van der Waals surface area contributed by atoms with Gasteiger partial charge in [0.05, 0.1) is 0 Å². The zero-order valence-electron chi connectivity index (χ0n) is 11.5. The highest BCUT2D eigenvalue weighted by Gasteiger charge is 2.05. The molecule has 2 rings (SSSR count). The van der Waals surface area contributed by atoms with Gasteiger partial charge in [0.25, 0.3) is 0 Å². The first-order valence-corrected chi connectivity index (χ1v) is 6.63. The molecule has 0 aliphatic heterocycles. The zero-order chi connectivity index (χ0) is 13.0. The number of hydrogen-bond donors (Lipinski definition) is 1. The van der Waals surface area contributed by atoms with Crippen LogP contribution in [0.4, 0.5) is 0 Å². The van der Waals surface area contributed by atoms with E-state index in [0.29, 0.717) is 6.04 Å². The van der Waals surface area contributed by atoms with Crippen molar-refractivity contribution >= 4 is 0 Å². The van der Waals surface area contributed by atoms with Crippen molar-refractivity contribution in [2.45, 2.75) is 39.9 Å². The number of aromatic nitrogens is 1. The largest absolute Gasteiger partial charge is 0.354 e. The average molecular weight is 242 g/mol. The molecule has 1 heterocycles. The van der Waals surface area contributed by atoms with E-state index in [1.807, 2.05) is 0 Å². The third-order valence-corrected chi connectivity index (χ3v) is 3.33. The lowest BCUT2D eigenvalue weighted by molar-refractivity contribution is 0.573. The van der Waals surface area contributed by atoms with Gasteiger partial charge in [0.15, 0.2) is 0 Å². The van der Waals surface area contributed by atoms with Crippen LogP contribution in [0.25, 0.3) is 0 Å². The van der Waals surface area contributed by atoms with Crippen molar-refractivity contribution in [3.8, 4) is 0 Å². The second-order valence-corrected chi connectivity index (χ2v) is 4.87. The third-order valence-electron chi connectivity index (χ3n) is 3.33. The Bertz CT molecular complexity index is 499. The highest BCUT2D eigenvalue weighted by atomic mass is 14.9. The molecule has 0 radical (unpaired) electrons. The van der Waals surface area contributed by atoms with Crippen molar-refractivity contribution in [3.63, 3.8) is 0 Å². The fraction of sp³-hybridized carbons (Fsp3) is 0.375. The van der Waals surface area contributed by atoms with Crippen molar-refractivity contribution in [2.24, 2.45) is 0 Å². The van der Waals surface area contributed by atoms with Gasteiger partial charge >= 0.3 is 0 Å². The molecule has 1 aromatic heterocycles. The van der Waals surface area contributed by atoms with Crippen LogP contribution in [0.3, 0.4) is 0 Å². The second kappa shape index (κ2) is 5.87. The van der Waals surface area contributed by atoms with Crippen LogP contribution in [-0.2, 0) is 13.1 Å². The normalized spacial score (nSPS) is 12.6. The highest BCUT2D eigenvalue weighted by Crippen LogP contribution is 2.14. The van der Waals surface area contributed by atoms with Crippen LogP contribution in [0.5, 0.6) is 0 Å². The summed E-state index contributed by atoms with van der Waals surface area (Å²) in [7, 11) is 0. The lowest BCUT2D eigenvalue weighted by Gasteiger charge is -2.14. The van der Waals surface area contributed by atoms with Gasteiger partial charge in [-0.1, -0.05) is 29.8 Å². The van der Waals surface area contributed by atoms with Crippen LogP contribution in [0.15, 0.2) is 42.7 Å². The van der Waals surface area contributed by atoms with E-state index in [1.54, 1.807) is 0 Å². The average Bonchev–Trinajstić information content (AvgIpc) is 2.84. The minimum absolute atomic E-state index is 0.384. The lowest BCUT2D eigenvalue weighted by atomic mass is 10.1. The van der Waals surface area contributed by atoms with Gasteiger partial charge in [-0.15, -0.1) is 0 Å². The molecule has 2 aromatic rings. The Morgan fingerprint density at radius 2 is 2.11 bits per heavy atom. The molecule has 0 aliphatic rings. The molecule has 0 amide bonds.